The predicted octanol–water partition coefficient (Wildman–Crippen LogP) is 2.83. The smallest absolute Gasteiger partial charge is 0.0549 e. The fourth-order valence-electron chi connectivity index (χ4n) is 2.34. The average Bonchev–Trinajstić information content (AvgIpc) is 2.18. The van der Waals surface area contributed by atoms with Crippen LogP contribution in [0.4, 0.5) is 0 Å². The molecule has 0 aromatic rings. The maximum atomic E-state index is 5.84. The van der Waals surface area contributed by atoms with Gasteiger partial charge in [0.25, 0.3) is 0 Å². The minimum atomic E-state index is 0.437. The van der Waals surface area contributed by atoms with Crippen molar-refractivity contribution in [3.63, 3.8) is 0 Å². The quantitative estimate of drug-likeness (QED) is 0.732. The van der Waals surface area contributed by atoms with E-state index in [4.69, 9.17) is 4.74 Å². The number of hydrogen-bond acceptors (Lipinski definition) is 2. The van der Waals surface area contributed by atoms with Crippen molar-refractivity contribution >= 4 is 0 Å². The van der Waals surface area contributed by atoms with E-state index < -0.39 is 0 Å². The molecule has 1 rings (SSSR count). The summed E-state index contributed by atoms with van der Waals surface area (Å²) in [6.07, 6.45) is 5.55. The molecule has 1 aliphatic rings. The van der Waals surface area contributed by atoms with Gasteiger partial charge >= 0.3 is 0 Å². The van der Waals surface area contributed by atoms with Crippen molar-refractivity contribution in [3.8, 4) is 0 Å². The first-order valence-electron chi connectivity index (χ1n) is 6.50. The molecule has 1 N–H and O–H groups in total. The Labute approximate surface area is 94.8 Å². The van der Waals surface area contributed by atoms with E-state index in [2.05, 4.69) is 26.1 Å². The topological polar surface area (TPSA) is 21.3 Å². The van der Waals surface area contributed by atoms with Crippen molar-refractivity contribution in [2.45, 2.75) is 52.6 Å². The number of nitrogens with one attached hydrogen (secondary N) is 1. The molecule has 0 aromatic carbocycles. The Hall–Kier alpha value is -0.0800. The van der Waals surface area contributed by atoms with Crippen molar-refractivity contribution in [3.05, 3.63) is 0 Å². The van der Waals surface area contributed by atoms with E-state index in [0.717, 1.165) is 18.4 Å². The zero-order valence-corrected chi connectivity index (χ0v) is 10.6. The van der Waals surface area contributed by atoms with Gasteiger partial charge in [0.2, 0.25) is 0 Å². The highest BCUT2D eigenvalue weighted by Gasteiger charge is 2.13. The van der Waals surface area contributed by atoms with E-state index in [9.17, 15) is 0 Å². The first kappa shape index (κ1) is 13.0. The maximum Gasteiger partial charge on any atom is 0.0549 e. The molecule has 2 heteroatoms. The molecule has 0 spiro atoms. The SMILES string of the molecule is CC(C)CC(C)OCCC1CCNCC1. The van der Waals surface area contributed by atoms with Crippen molar-refractivity contribution in [2.24, 2.45) is 11.8 Å². The molecule has 90 valence electrons. The van der Waals surface area contributed by atoms with Gasteiger partial charge in [-0.3, -0.25) is 0 Å². The van der Waals surface area contributed by atoms with Crippen LogP contribution in [0, 0.1) is 11.8 Å². The molecule has 1 aliphatic heterocycles. The standard InChI is InChI=1S/C13H27NO/c1-11(2)10-12(3)15-9-6-13-4-7-14-8-5-13/h11-14H,4-10H2,1-3H3. The molecule has 0 radical (unpaired) electrons. The largest absolute Gasteiger partial charge is 0.378 e. The van der Waals surface area contributed by atoms with Gasteiger partial charge in [-0.25, -0.2) is 0 Å². The summed E-state index contributed by atoms with van der Waals surface area (Å²) in [5, 5.41) is 3.40. The summed E-state index contributed by atoms with van der Waals surface area (Å²) in [7, 11) is 0. The molecule has 1 atom stereocenters. The average molecular weight is 213 g/mol. The Balaban J connectivity index is 1.99. The molecule has 0 saturated carbocycles. The lowest BCUT2D eigenvalue weighted by molar-refractivity contribution is 0.0413. The van der Waals surface area contributed by atoms with Gasteiger partial charge in [0.15, 0.2) is 0 Å². The van der Waals surface area contributed by atoms with Gasteiger partial charge < -0.3 is 10.1 Å². The monoisotopic (exact) mass is 213 g/mol. The van der Waals surface area contributed by atoms with Crippen LogP contribution in [0.5, 0.6) is 0 Å². The lowest BCUT2D eigenvalue weighted by Crippen LogP contribution is -2.28. The number of rotatable bonds is 6. The lowest BCUT2D eigenvalue weighted by Gasteiger charge is -2.23. The van der Waals surface area contributed by atoms with Crippen LogP contribution in [0.2, 0.25) is 0 Å². The Kier molecular flexibility index (Phi) is 6.26. The van der Waals surface area contributed by atoms with Gasteiger partial charge in [-0.15, -0.1) is 0 Å². The van der Waals surface area contributed by atoms with E-state index in [1.165, 1.54) is 38.8 Å². The molecule has 0 bridgehead atoms. The van der Waals surface area contributed by atoms with E-state index in [1.807, 2.05) is 0 Å². The van der Waals surface area contributed by atoms with Gasteiger partial charge in [-0.1, -0.05) is 13.8 Å². The fourth-order valence-corrected chi connectivity index (χ4v) is 2.34. The first-order chi connectivity index (χ1) is 7.18. The van der Waals surface area contributed by atoms with Crippen LogP contribution in [0.25, 0.3) is 0 Å². The second kappa shape index (κ2) is 7.24. The third kappa shape index (κ3) is 6.16. The highest BCUT2D eigenvalue weighted by molar-refractivity contribution is 4.68. The Morgan fingerprint density at radius 2 is 1.87 bits per heavy atom. The van der Waals surface area contributed by atoms with Gasteiger partial charge in [0, 0.05) is 6.61 Å². The predicted molar refractivity (Wildman–Crippen MR) is 65.1 cm³/mol. The van der Waals surface area contributed by atoms with Gasteiger partial charge in [-0.05, 0) is 57.5 Å². The highest BCUT2D eigenvalue weighted by Crippen LogP contribution is 2.16. The third-order valence-electron chi connectivity index (χ3n) is 3.19. The van der Waals surface area contributed by atoms with E-state index in [1.54, 1.807) is 0 Å². The zero-order valence-electron chi connectivity index (χ0n) is 10.6. The summed E-state index contributed by atoms with van der Waals surface area (Å²) >= 11 is 0. The van der Waals surface area contributed by atoms with Crippen molar-refractivity contribution in [1.82, 2.24) is 5.32 Å². The molecule has 1 fully saturated rings. The lowest BCUT2D eigenvalue weighted by atomic mass is 9.95. The summed E-state index contributed by atoms with van der Waals surface area (Å²) in [4.78, 5) is 0. The molecule has 0 amide bonds. The van der Waals surface area contributed by atoms with Gasteiger partial charge in [-0.2, -0.15) is 0 Å². The minimum absolute atomic E-state index is 0.437. The minimum Gasteiger partial charge on any atom is -0.378 e. The van der Waals surface area contributed by atoms with Gasteiger partial charge in [0.1, 0.15) is 0 Å². The van der Waals surface area contributed by atoms with Crippen LogP contribution in [0.3, 0.4) is 0 Å². The van der Waals surface area contributed by atoms with Crippen LogP contribution in [-0.2, 0) is 4.74 Å². The Bertz CT molecular complexity index is 153. The molecule has 1 unspecified atom stereocenters. The van der Waals surface area contributed by atoms with Gasteiger partial charge in [0.05, 0.1) is 6.10 Å². The summed E-state index contributed by atoms with van der Waals surface area (Å²) < 4.78 is 5.84. The van der Waals surface area contributed by atoms with Crippen molar-refractivity contribution in [2.75, 3.05) is 19.7 Å². The van der Waals surface area contributed by atoms with E-state index >= 15 is 0 Å². The number of piperidine rings is 1. The molecule has 15 heavy (non-hydrogen) atoms. The van der Waals surface area contributed by atoms with E-state index in [0.29, 0.717) is 6.10 Å². The molecule has 0 aromatic heterocycles. The zero-order chi connectivity index (χ0) is 11.1. The van der Waals surface area contributed by atoms with Crippen LogP contribution in [0.1, 0.15) is 46.5 Å². The highest BCUT2D eigenvalue weighted by atomic mass is 16.5. The van der Waals surface area contributed by atoms with Crippen molar-refractivity contribution < 1.29 is 4.74 Å². The molecule has 1 saturated heterocycles. The third-order valence-corrected chi connectivity index (χ3v) is 3.19. The molecular formula is C13H27NO. The summed E-state index contributed by atoms with van der Waals surface area (Å²) in [5.74, 6) is 1.65. The molecular weight excluding hydrogens is 186 g/mol. The first-order valence-corrected chi connectivity index (χ1v) is 6.50. The maximum absolute atomic E-state index is 5.84. The molecule has 1 heterocycles. The second-order valence-electron chi connectivity index (χ2n) is 5.29. The summed E-state index contributed by atoms with van der Waals surface area (Å²) in [6, 6.07) is 0. The summed E-state index contributed by atoms with van der Waals surface area (Å²) in [5.41, 5.74) is 0. The van der Waals surface area contributed by atoms with Crippen molar-refractivity contribution in [1.29, 1.82) is 0 Å². The van der Waals surface area contributed by atoms with Crippen LogP contribution < -0.4 is 5.32 Å². The molecule has 2 nitrogen and oxygen atoms in total. The van der Waals surface area contributed by atoms with Crippen LogP contribution in [-0.4, -0.2) is 25.8 Å². The number of ether oxygens (including phenoxy) is 1. The Morgan fingerprint density at radius 3 is 2.47 bits per heavy atom. The Morgan fingerprint density at radius 1 is 1.20 bits per heavy atom. The normalized spacial score (nSPS) is 20.8. The van der Waals surface area contributed by atoms with Crippen LogP contribution >= 0.6 is 0 Å². The fraction of sp³-hybridized carbons (Fsp3) is 1.00. The van der Waals surface area contributed by atoms with E-state index in [-0.39, 0.29) is 0 Å². The second-order valence-corrected chi connectivity index (χ2v) is 5.29. The van der Waals surface area contributed by atoms with Crippen LogP contribution in [0.15, 0.2) is 0 Å². The summed E-state index contributed by atoms with van der Waals surface area (Å²) in [6.45, 7) is 10.1. The number of hydrogen-bond donors (Lipinski definition) is 1. The molecule has 0 aliphatic carbocycles.